The monoisotopic (exact) mass is 296 g/mol. The summed E-state index contributed by atoms with van der Waals surface area (Å²) in [6, 6.07) is 5.14. The van der Waals surface area contributed by atoms with Crippen molar-refractivity contribution in [2.24, 2.45) is 5.73 Å². The Hall–Kier alpha value is -1.53. The normalized spacial score (nSPS) is 11.8. The van der Waals surface area contributed by atoms with Crippen molar-refractivity contribution in [1.82, 2.24) is 0 Å². The number of nitrogens with one attached hydrogen (secondary N) is 1. The van der Waals surface area contributed by atoms with Crippen molar-refractivity contribution in [3.05, 3.63) is 29.3 Å². The Kier molecular flexibility index (Phi) is 6.54. The molecule has 6 heteroatoms. The first-order chi connectivity index (χ1) is 9.43. The molecule has 0 aromatic heterocycles. The summed E-state index contributed by atoms with van der Waals surface area (Å²) >= 11 is 1.30. The summed E-state index contributed by atoms with van der Waals surface area (Å²) in [6.07, 6.45) is 0. The van der Waals surface area contributed by atoms with E-state index in [9.17, 15) is 9.59 Å². The second-order valence-electron chi connectivity index (χ2n) is 4.51. The van der Waals surface area contributed by atoms with Crippen LogP contribution in [-0.4, -0.2) is 36.5 Å². The van der Waals surface area contributed by atoms with E-state index in [4.69, 9.17) is 5.73 Å². The molecule has 1 amide bonds. The van der Waals surface area contributed by atoms with Crippen LogP contribution in [0.15, 0.2) is 18.2 Å². The Morgan fingerprint density at radius 3 is 2.70 bits per heavy atom. The minimum atomic E-state index is -0.695. The number of amides is 1. The smallest absolute Gasteiger partial charge is 0.323 e. The first kappa shape index (κ1) is 16.5. The van der Waals surface area contributed by atoms with Crippen LogP contribution in [0.3, 0.4) is 0 Å². The molecule has 20 heavy (non-hydrogen) atoms. The van der Waals surface area contributed by atoms with E-state index in [0.29, 0.717) is 5.75 Å². The zero-order chi connectivity index (χ0) is 15.1. The van der Waals surface area contributed by atoms with Crippen LogP contribution >= 0.6 is 11.8 Å². The minimum absolute atomic E-state index is 0.112. The van der Waals surface area contributed by atoms with Crippen LogP contribution in [0.4, 0.5) is 5.69 Å². The van der Waals surface area contributed by atoms with Gasteiger partial charge in [-0.25, -0.2) is 0 Å². The van der Waals surface area contributed by atoms with Crippen LogP contribution in [0.1, 0.15) is 11.1 Å². The topological polar surface area (TPSA) is 81.4 Å². The van der Waals surface area contributed by atoms with Gasteiger partial charge in [-0.2, -0.15) is 0 Å². The number of esters is 1. The number of hydrogen-bond donors (Lipinski definition) is 2. The van der Waals surface area contributed by atoms with Crippen LogP contribution in [0.25, 0.3) is 0 Å². The molecule has 0 aliphatic rings. The lowest BCUT2D eigenvalue weighted by molar-refractivity contribution is -0.141. The number of nitrogens with two attached hydrogens (primary N) is 1. The Morgan fingerprint density at radius 1 is 1.40 bits per heavy atom. The largest absolute Gasteiger partial charge is 0.468 e. The molecule has 0 saturated heterocycles. The zero-order valence-electron chi connectivity index (χ0n) is 11.9. The molecule has 0 radical (unpaired) electrons. The molecule has 0 fully saturated rings. The van der Waals surface area contributed by atoms with E-state index >= 15 is 0 Å². The van der Waals surface area contributed by atoms with Crippen molar-refractivity contribution in [2.75, 3.05) is 23.9 Å². The highest BCUT2D eigenvalue weighted by atomic mass is 32.2. The highest BCUT2D eigenvalue weighted by Gasteiger charge is 2.14. The number of anilines is 1. The highest BCUT2D eigenvalue weighted by Crippen LogP contribution is 2.16. The second-order valence-corrected chi connectivity index (χ2v) is 5.54. The van der Waals surface area contributed by atoms with E-state index in [1.54, 1.807) is 0 Å². The number of rotatable bonds is 6. The minimum Gasteiger partial charge on any atom is -0.468 e. The molecule has 3 N–H and O–H groups in total. The summed E-state index contributed by atoms with van der Waals surface area (Å²) in [5, 5.41) is 2.84. The third-order valence-corrected chi connectivity index (χ3v) is 3.75. The quantitative estimate of drug-likeness (QED) is 0.777. The van der Waals surface area contributed by atoms with Crippen LogP contribution in [0, 0.1) is 13.8 Å². The van der Waals surface area contributed by atoms with Gasteiger partial charge in [0, 0.05) is 11.4 Å². The lowest BCUT2D eigenvalue weighted by atomic mass is 10.1. The molecule has 0 aliphatic heterocycles. The number of methoxy groups -OCH3 is 1. The number of hydrogen-bond acceptors (Lipinski definition) is 5. The van der Waals surface area contributed by atoms with Crippen molar-refractivity contribution >= 4 is 29.3 Å². The van der Waals surface area contributed by atoms with Gasteiger partial charge in [-0.1, -0.05) is 17.7 Å². The van der Waals surface area contributed by atoms with Gasteiger partial charge in [0.05, 0.1) is 12.9 Å². The van der Waals surface area contributed by atoms with E-state index in [0.717, 1.165) is 16.8 Å². The Labute approximate surface area is 123 Å². The second kappa shape index (κ2) is 7.91. The first-order valence-electron chi connectivity index (χ1n) is 6.22. The first-order valence-corrected chi connectivity index (χ1v) is 7.37. The standard InChI is InChI=1S/C14H20N2O3S/c1-9-4-5-12(10(2)6-9)16-13(17)8-20-7-11(15)14(18)19-3/h4-6,11H,7-8,15H2,1-3H3,(H,16,17). The molecule has 0 heterocycles. The Bertz CT molecular complexity index is 491. The molecular formula is C14H20N2O3S. The molecule has 110 valence electrons. The molecular weight excluding hydrogens is 276 g/mol. The molecule has 0 bridgehead atoms. The zero-order valence-corrected chi connectivity index (χ0v) is 12.8. The van der Waals surface area contributed by atoms with Gasteiger partial charge >= 0.3 is 5.97 Å². The van der Waals surface area contributed by atoms with Gasteiger partial charge in [0.25, 0.3) is 0 Å². The molecule has 5 nitrogen and oxygen atoms in total. The average molecular weight is 296 g/mol. The number of carbonyl (C=O) groups excluding carboxylic acids is 2. The molecule has 0 saturated carbocycles. The van der Waals surface area contributed by atoms with Gasteiger partial charge in [0.15, 0.2) is 0 Å². The van der Waals surface area contributed by atoms with Gasteiger partial charge in [0.2, 0.25) is 5.91 Å². The SMILES string of the molecule is COC(=O)C(N)CSCC(=O)Nc1ccc(C)cc1C. The summed E-state index contributed by atoms with van der Waals surface area (Å²) < 4.78 is 4.51. The molecule has 0 spiro atoms. The summed E-state index contributed by atoms with van der Waals surface area (Å²) in [5.41, 5.74) is 8.56. The molecule has 0 aliphatic carbocycles. The Balaban J connectivity index is 2.39. The summed E-state index contributed by atoms with van der Waals surface area (Å²) in [6.45, 7) is 3.95. The van der Waals surface area contributed by atoms with E-state index in [1.807, 2.05) is 32.0 Å². The number of carbonyl (C=O) groups is 2. The van der Waals surface area contributed by atoms with E-state index in [2.05, 4.69) is 10.1 Å². The van der Waals surface area contributed by atoms with Crippen molar-refractivity contribution in [2.45, 2.75) is 19.9 Å². The number of aryl methyl sites for hydroxylation is 2. The number of ether oxygens (including phenoxy) is 1. The van der Waals surface area contributed by atoms with Crippen molar-refractivity contribution in [3.8, 4) is 0 Å². The Morgan fingerprint density at radius 2 is 2.10 bits per heavy atom. The van der Waals surface area contributed by atoms with Crippen LogP contribution < -0.4 is 11.1 Å². The summed E-state index contributed by atoms with van der Waals surface area (Å²) in [4.78, 5) is 22.9. The van der Waals surface area contributed by atoms with Crippen molar-refractivity contribution < 1.29 is 14.3 Å². The third-order valence-electron chi connectivity index (χ3n) is 2.69. The predicted molar refractivity (Wildman–Crippen MR) is 81.9 cm³/mol. The van der Waals surface area contributed by atoms with Gasteiger partial charge in [-0.15, -0.1) is 11.8 Å². The van der Waals surface area contributed by atoms with Crippen molar-refractivity contribution in [1.29, 1.82) is 0 Å². The molecule has 1 aromatic rings. The lowest BCUT2D eigenvalue weighted by Crippen LogP contribution is -2.34. The molecule has 1 rings (SSSR count). The molecule has 1 unspecified atom stereocenters. The van der Waals surface area contributed by atoms with Crippen LogP contribution in [0.5, 0.6) is 0 Å². The fraction of sp³-hybridized carbons (Fsp3) is 0.429. The maximum Gasteiger partial charge on any atom is 0.323 e. The summed E-state index contributed by atoms with van der Waals surface area (Å²) in [7, 11) is 1.29. The number of thioether (sulfide) groups is 1. The van der Waals surface area contributed by atoms with Gasteiger partial charge in [0.1, 0.15) is 6.04 Å². The molecule has 1 aromatic carbocycles. The predicted octanol–water partition coefficient (Wildman–Crippen LogP) is 1.48. The van der Waals surface area contributed by atoms with Gasteiger partial charge in [-0.05, 0) is 25.5 Å². The maximum atomic E-state index is 11.8. The van der Waals surface area contributed by atoms with Crippen LogP contribution in [-0.2, 0) is 14.3 Å². The van der Waals surface area contributed by atoms with Gasteiger partial charge in [-0.3, -0.25) is 9.59 Å². The maximum absolute atomic E-state index is 11.8. The van der Waals surface area contributed by atoms with Crippen LogP contribution in [0.2, 0.25) is 0 Å². The van der Waals surface area contributed by atoms with E-state index in [-0.39, 0.29) is 11.7 Å². The van der Waals surface area contributed by atoms with E-state index < -0.39 is 12.0 Å². The van der Waals surface area contributed by atoms with Gasteiger partial charge < -0.3 is 15.8 Å². The molecule has 1 atom stereocenters. The lowest BCUT2D eigenvalue weighted by Gasteiger charge is -2.10. The fourth-order valence-corrected chi connectivity index (χ4v) is 2.40. The van der Waals surface area contributed by atoms with Crippen molar-refractivity contribution in [3.63, 3.8) is 0 Å². The average Bonchev–Trinajstić information content (AvgIpc) is 2.41. The fourth-order valence-electron chi connectivity index (χ4n) is 1.64. The summed E-state index contributed by atoms with van der Waals surface area (Å²) in [5.74, 6) is 0.0247. The number of benzene rings is 1. The highest BCUT2D eigenvalue weighted by molar-refractivity contribution is 8.00. The third kappa shape index (κ3) is 5.22. The van der Waals surface area contributed by atoms with E-state index in [1.165, 1.54) is 18.9 Å².